The zero-order valence-corrected chi connectivity index (χ0v) is 8.70. The third-order valence-corrected chi connectivity index (χ3v) is 2.37. The van der Waals surface area contributed by atoms with E-state index in [0.29, 0.717) is 10.6 Å². The van der Waals surface area contributed by atoms with Crippen molar-refractivity contribution in [3.8, 4) is 0 Å². The average Bonchev–Trinajstić information content (AvgIpc) is 2.15. The van der Waals surface area contributed by atoms with Crippen molar-refractivity contribution in [3.05, 3.63) is 34.9 Å². The summed E-state index contributed by atoms with van der Waals surface area (Å²) in [6.07, 6.45) is -0.126. The fourth-order valence-electron chi connectivity index (χ4n) is 1.32. The minimum Gasteiger partial charge on any atom is -0.370 e. The van der Waals surface area contributed by atoms with Gasteiger partial charge in [-0.15, -0.1) is 0 Å². The van der Waals surface area contributed by atoms with Crippen LogP contribution in [-0.2, 0) is 9.59 Å². The van der Waals surface area contributed by atoms with Gasteiger partial charge in [-0.3, -0.25) is 9.59 Å². The van der Waals surface area contributed by atoms with E-state index in [1.807, 2.05) is 0 Å². The van der Waals surface area contributed by atoms with Crippen LogP contribution in [0.2, 0.25) is 5.02 Å². The molecule has 0 saturated carbocycles. The fraction of sp³-hybridized carbons (Fsp3) is 0.200. The molecular formula is C10H11ClN2O2. The molecule has 0 heterocycles. The summed E-state index contributed by atoms with van der Waals surface area (Å²) in [4.78, 5) is 21.9. The number of halogens is 1. The van der Waals surface area contributed by atoms with Crippen LogP contribution < -0.4 is 11.5 Å². The number of hydrogen-bond donors (Lipinski definition) is 2. The molecular weight excluding hydrogens is 216 g/mol. The Kier molecular flexibility index (Phi) is 3.68. The van der Waals surface area contributed by atoms with Crippen molar-refractivity contribution < 1.29 is 9.59 Å². The van der Waals surface area contributed by atoms with Gasteiger partial charge in [0.05, 0.1) is 5.92 Å². The van der Waals surface area contributed by atoms with Crippen molar-refractivity contribution in [1.29, 1.82) is 0 Å². The lowest BCUT2D eigenvalue weighted by Gasteiger charge is -2.12. The van der Waals surface area contributed by atoms with Crippen molar-refractivity contribution in [2.75, 3.05) is 0 Å². The van der Waals surface area contributed by atoms with Gasteiger partial charge in [0.2, 0.25) is 11.8 Å². The van der Waals surface area contributed by atoms with Crippen LogP contribution in [0.4, 0.5) is 0 Å². The minimum atomic E-state index is -0.754. The summed E-state index contributed by atoms with van der Waals surface area (Å²) < 4.78 is 0. The summed E-state index contributed by atoms with van der Waals surface area (Å²) in [5, 5.41) is 0.405. The van der Waals surface area contributed by atoms with Crippen molar-refractivity contribution in [2.45, 2.75) is 12.3 Å². The lowest BCUT2D eigenvalue weighted by Crippen LogP contribution is -2.26. The Labute approximate surface area is 92.2 Å². The molecule has 0 unspecified atom stereocenters. The predicted octanol–water partition coefficient (Wildman–Crippen LogP) is 0.784. The highest BCUT2D eigenvalue weighted by atomic mass is 35.5. The number of hydrogen-bond acceptors (Lipinski definition) is 2. The van der Waals surface area contributed by atoms with Gasteiger partial charge in [-0.1, -0.05) is 29.8 Å². The van der Waals surface area contributed by atoms with E-state index < -0.39 is 17.7 Å². The molecule has 15 heavy (non-hydrogen) atoms. The minimum absolute atomic E-state index is 0.126. The molecule has 0 aromatic heterocycles. The quantitative estimate of drug-likeness (QED) is 0.795. The van der Waals surface area contributed by atoms with Crippen LogP contribution in [0, 0.1) is 0 Å². The number of carbonyl (C=O) groups excluding carboxylic acids is 2. The maximum Gasteiger partial charge on any atom is 0.225 e. The molecule has 80 valence electrons. The Morgan fingerprint density at radius 1 is 1.27 bits per heavy atom. The van der Waals surface area contributed by atoms with Crippen LogP contribution in [0.3, 0.4) is 0 Å². The third kappa shape index (κ3) is 2.95. The van der Waals surface area contributed by atoms with Crippen LogP contribution in [0.15, 0.2) is 24.3 Å². The lowest BCUT2D eigenvalue weighted by molar-refractivity contribution is -0.124. The van der Waals surface area contributed by atoms with E-state index in [4.69, 9.17) is 23.1 Å². The van der Waals surface area contributed by atoms with E-state index in [1.165, 1.54) is 0 Å². The monoisotopic (exact) mass is 226 g/mol. The van der Waals surface area contributed by atoms with Crippen molar-refractivity contribution >= 4 is 23.4 Å². The van der Waals surface area contributed by atoms with Gasteiger partial charge in [-0.2, -0.15) is 0 Å². The second-order valence-corrected chi connectivity index (χ2v) is 3.55. The highest BCUT2D eigenvalue weighted by Gasteiger charge is 2.22. The lowest BCUT2D eigenvalue weighted by atomic mass is 9.95. The van der Waals surface area contributed by atoms with Gasteiger partial charge < -0.3 is 11.5 Å². The van der Waals surface area contributed by atoms with E-state index in [0.717, 1.165) is 0 Å². The van der Waals surface area contributed by atoms with E-state index >= 15 is 0 Å². The van der Waals surface area contributed by atoms with Crippen LogP contribution in [0.25, 0.3) is 0 Å². The normalized spacial score (nSPS) is 12.1. The van der Waals surface area contributed by atoms with Crippen LogP contribution in [0.1, 0.15) is 17.9 Å². The maximum atomic E-state index is 11.1. The van der Waals surface area contributed by atoms with Gasteiger partial charge in [0, 0.05) is 11.4 Å². The van der Waals surface area contributed by atoms with Crippen molar-refractivity contribution in [2.24, 2.45) is 11.5 Å². The highest BCUT2D eigenvalue weighted by Crippen LogP contribution is 2.26. The number of primary amides is 2. The molecule has 4 nitrogen and oxygen atoms in total. The van der Waals surface area contributed by atoms with Gasteiger partial charge >= 0.3 is 0 Å². The first-order valence-corrected chi connectivity index (χ1v) is 4.72. The van der Waals surface area contributed by atoms with Crippen molar-refractivity contribution in [3.63, 3.8) is 0 Å². The summed E-state index contributed by atoms with van der Waals surface area (Å²) in [5.74, 6) is -1.95. The van der Waals surface area contributed by atoms with Crippen LogP contribution in [-0.4, -0.2) is 11.8 Å². The molecule has 2 amide bonds. The summed E-state index contributed by atoms with van der Waals surface area (Å²) >= 11 is 5.89. The number of benzene rings is 1. The molecule has 0 radical (unpaired) electrons. The molecule has 0 saturated heterocycles. The zero-order chi connectivity index (χ0) is 11.4. The zero-order valence-electron chi connectivity index (χ0n) is 7.94. The molecule has 0 aliphatic carbocycles. The number of nitrogens with two attached hydrogens (primary N) is 2. The second kappa shape index (κ2) is 4.79. The van der Waals surface area contributed by atoms with Gasteiger partial charge in [-0.05, 0) is 11.6 Å². The number of amides is 2. The fourth-order valence-corrected chi connectivity index (χ4v) is 1.59. The van der Waals surface area contributed by atoms with Gasteiger partial charge in [0.15, 0.2) is 0 Å². The molecule has 0 spiro atoms. The molecule has 1 rings (SSSR count). The standard InChI is InChI=1S/C10H11ClN2O2/c11-8-4-2-1-3-6(8)7(10(13)15)5-9(12)14/h1-4,7H,5H2,(H2,12,14)(H2,13,15)/t7-/m0/s1. The smallest absolute Gasteiger partial charge is 0.225 e. The van der Waals surface area contributed by atoms with E-state index in [1.54, 1.807) is 24.3 Å². The second-order valence-electron chi connectivity index (χ2n) is 3.15. The first kappa shape index (κ1) is 11.5. The van der Waals surface area contributed by atoms with E-state index in [9.17, 15) is 9.59 Å². The Bertz CT molecular complexity index is 393. The number of rotatable bonds is 4. The molecule has 5 heteroatoms. The Hall–Kier alpha value is -1.55. The maximum absolute atomic E-state index is 11.1. The van der Waals surface area contributed by atoms with Gasteiger partial charge in [0.25, 0.3) is 0 Å². The van der Waals surface area contributed by atoms with Gasteiger partial charge in [0.1, 0.15) is 0 Å². The summed E-state index contributed by atoms with van der Waals surface area (Å²) in [6.45, 7) is 0. The highest BCUT2D eigenvalue weighted by molar-refractivity contribution is 6.31. The Morgan fingerprint density at radius 3 is 2.33 bits per heavy atom. The predicted molar refractivity (Wildman–Crippen MR) is 57.2 cm³/mol. The molecule has 0 fully saturated rings. The molecule has 1 aromatic carbocycles. The summed E-state index contributed by atoms with van der Waals surface area (Å²) in [5.41, 5.74) is 10.7. The van der Waals surface area contributed by atoms with E-state index in [2.05, 4.69) is 0 Å². The Balaban J connectivity index is 3.04. The largest absolute Gasteiger partial charge is 0.370 e. The average molecular weight is 227 g/mol. The molecule has 0 bridgehead atoms. The van der Waals surface area contributed by atoms with Crippen molar-refractivity contribution in [1.82, 2.24) is 0 Å². The first-order valence-electron chi connectivity index (χ1n) is 4.34. The number of carbonyl (C=O) groups is 2. The topological polar surface area (TPSA) is 86.2 Å². The summed E-state index contributed by atoms with van der Waals surface area (Å²) in [7, 11) is 0. The molecule has 0 aliphatic heterocycles. The first-order chi connectivity index (χ1) is 7.02. The molecule has 1 aromatic rings. The van der Waals surface area contributed by atoms with Crippen LogP contribution >= 0.6 is 11.6 Å². The molecule has 0 aliphatic rings. The Morgan fingerprint density at radius 2 is 1.87 bits per heavy atom. The summed E-state index contributed by atoms with van der Waals surface area (Å²) in [6, 6.07) is 6.74. The van der Waals surface area contributed by atoms with Crippen LogP contribution in [0.5, 0.6) is 0 Å². The molecule has 1 atom stereocenters. The molecule has 4 N–H and O–H groups in total. The SMILES string of the molecule is NC(=O)C[C@H](C(N)=O)c1ccccc1Cl. The third-order valence-electron chi connectivity index (χ3n) is 2.03. The van der Waals surface area contributed by atoms with Gasteiger partial charge in [-0.25, -0.2) is 0 Å². The van der Waals surface area contributed by atoms with E-state index in [-0.39, 0.29) is 6.42 Å².